The van der Waals surface area contributed by atoms with Crippen molar-refractivity contribution in [3.05, 3.63) is 28.7 Å². The van der Waals surface area contributed by atoms with E-state index in [4.69, 9.17) is 5.73 Å². The average Bonchev–Trinajstić information content (AvgIpc) is 2.47. The molecule has 5 heteroatoms. The van der Waals surface area contributed by atoms with Gasteiger partial charge in [0.05, 0.1) is 10.1 Å². The average molecular weight is 360 g/mol. The standard InChI is InChI=1S/C15H22BrNO2S/c1-2-11-3-4-12(10-17)15(9-11)20(18,19)14-7-5-13(16)6-8-14/h5-8,11-12,15H,2-4,9-10,17H2,1H3. The van der Waals surface area contributed by atoms with E-state index >= 15 is 0 Å². The van der Waals surface area contributed by atoms with Crippen LogP contribution in [0.2, 0.25) is 0 Å². The lowest BCUT2D eigenvalue weighted by Gasteiger charge is -2.34. The third kappa shape index (κ3) is 3.26. The molecule has 1 saturated carbocycles. The fourth-order valence-corrected chi connectivity index (χ4v) is 5.50. The molecule has 1 aliphatic rings. The van der Waals surface area contributed by atoms with Crippen LogP contribution in [0.5, 0.6) is 0 Å². The van der Waals surface area contributed by atoms with Gasteiger partial charge in [0.15, 0.2) is 9.84 Å². The summed E-state index contributed by atoms with van der Waals surface area (Å²) in [5.41, 5.74) is 5.81. The van der Waals surface area contributed by atoms with E-state index < -0.39 is 9.84 Å². The van der Waals surface area contributed by atoms with E-state index in [0.29, 0.717) is 17.4 Å². The Hall–Kier alpha value is -0.390. The van der Waals surface area contributed by atoms with Crippen LogP contribution in [0.1, 0.15) is 32.6 Å². The Bertz CT molecular complexity index is 541. The molecule has 20 heavy (non-hydrogen) atoms. The zero-order valence-electron chi connectivity index (χ0n) is 11.8. The molecule has 3 unspecified atom stereocenters. The van der Waals surface area contributed by atoms with Gasteiger partial charge in [-0.1, -0.05) is 35.7 Å². The summed E-state index contributed by atoms with van der Waals surface area (Å²) in [6.07, 6.45) is 3.82. The van der Waals surface area contributed by atoms with Crippen molar-refractivity contribution >= 4 is 25.8 Å². The van der Waals surface area contributed by atoms with Crippen LogP contribution in [0.3, 0.4) is 0 Å². The number of rotatable bonds is 4. The fourth-order valence-electron chi connectivity index (χ4n) is 3.09. The molecule has 3 nitrogen and oxygen atoms in total. The Kier molecular flexibility index (Phi) is 5.26. The van der Waals surface area contributed by atoms with Crippen molar-refractivity contribution in [2.24, 2.45) is 17.6 Å². The molecule has 0 aliphatic heterocycles. The number of halogens is 1. The maximum absolute atomic E-state index is 12.9. The summed E-state index contributed by atoms with van der Waals surface area (Å²) in [7, 11) is -3.28. The Morgan fingerprint density at radius 2 is 1.90 bits per heavy atom. The van der Waals surface area contributed by atoms with Crippen molar-refractivity contribution in [1.29, 1.82) is 0 Å². The topological polar surface area (TPSA) is 60.2 Å². The first kappa shape index (κ1) is 16.0. The van der Waals surface area contributed by atoms with Gasteiger partial charge in [-0.3, -0.25) is 0 Å². The summed E-state index contributed by atoms with van der Waals surface area (Å²) < 4.78 is 26.6. The third-order valence-electron chi connectivity index (χ3n) is 4.46. The van der Waals surface area contributed by atoms with E-state index in [9.17, 15) is 8.42 Å². The third-order valence-corrected chi connectivity index (χ3v) is 7.29. The summed E-state index contributed by atoms with van der Waals surface area (Å²) in [6, 6.07) is 6.93. The quantitative estimate of drug-likeness (QED) is 0.896. The summed E-state index contributed by atoms with van der Waals surface area (Å²) in [4.78, 5) is 0.418. The minimum absolute atomic E-state index is 0.0893. The summed E-state index contributed by atoms with van der Waals surface area (Å²) in [5, 5.41) is -0.327. The second-order valence-electron chi connectivity index (χ2n) is 5.62. The van der Waals surface area contributed by atoms with Gasteiger partial charge in [-0.2, -0.15) is 0 Å². The molecule has 1 aliphatic carbocycles. The lowest BCUT2D eigenvalue weighted by atomic mass is 9.80. The van der Waals surface area contributed by atoms with Gasteiger partial charge >= 0.3 is 0 Å². The number of hydrogen-bond acceptors (Lipinski definition) is 3. The highest BCUT2D eigenvalue weighted by Crippen LogP contribution is 2.37. The van der Waals surface area contributed by atoms with Crippen molar-refractivity contribution in [2.45, 2.75) is 42.8 Å². The molecule has 0 saturated heterocycles. The van der Waals surface area contributed by atoms with Crippen LogP contribution in [0.15, 0.2) is 33.6 Å². The Morgan fingerprint density at radius 3 is 2.45 bits per heavy atom. The smallest absolute Gasteiger partial charge is 0.181 e. The number of nitrogens with two attached hydrogens (primary N) is 1. The van der Waals surface area contributed by atoms with Gasteiger partial charge in [0, 0.05) is 4.47 Å². The van der Waals surface area contributed by atoms with Gasteiger partial charge in [-0.05, 0) is 55.5 Å². The molecule has 0 radical (unpaired) electrons. The van der Waals surface area contributed by atoms with Crippen LogP contribution >= 0.6 is 15.9 Å². The second-order valence-corrected chi connectivity index (χ2v) is 8.70. The van der Waals surface area contributed by atoms with Crippen molar-refractivity contribution in [3.63, 3.8) is 0 Å². The normalized spacial score (nSPS) is 27.4. The highest BCUT2D eigenvalue weighted by molar-refractivity contribution is 9.10. The van der Waals surface area contributed by atoms with Crippen molar-refractivity contribution in [2.75, 3.05) is 6.54 Å². The van der Waals surface area contributed by atoms with Crippen LogP contribution in [0, 0.1) is 11.8 Å². The van der Waals surface area contributed by atoms with Crippen molar-refractivity contribution in [3.8, 4) is 0 Å². The molecule has 2 N–H and O–H groups in total. The van der Waals surface area contributed by atoms with E-state index in [2.05, 4.69) is 22.9 Å². The Labute approximate surface area is 130 Å². The SMILES string of the molecule is CCC1CCC(CN)C(S(=O)(=O)c2ccc(Br)cc2)C1. The van der Waals surface area contributed by atoms with Crippen molar-refractivity contribution in [1.82, 2.24) is 0 Å². The molecule has 2 rings (SSSR count). The largest absolute Gasteiger partial charge is 0.330 e. The molecule has 0 heterocycles. The van der Waals surface area contributed by atoms with Crippen LogP contribution in [0.25, 0.3) is 0 Å². The number of hydrogen-bond donors (Lipinski definition) is 1. The maximum atomic E-state index is 12.9. The lowest BCUT2D eigenvalue weighted by Crippen LogP contribution is -2.39. The molecule has 3 atom stereocenters. The fraction of sp³-hybridized carbons (Fsp3) is 0.600. The Balaban J connectivity index is 2.32. The van der Waals surface area contributed by atoms with Gasteiger partial charge in [-0.15, -0.1) is 0 Å². The summed E-state index contributed by atoms with van der Waals surface area (Å²) >= 11 is 3.34. The van der Waals surface area contributed by atoms with E-state index in [1.807, 2.05) is 0 Å². The molecular formula is C15H22BrNO2S. The molecule has 1 fully saturated rings. The molecule has 1 aromatic carbocycles. The number of sulfone groups is 1. The van der Waals surface area contributed by atoms with Crippen LogP contribution < -0.4 is 5.73 Å². The van der Waals surface area contributed by atoms with Gasteiger partial charge in [0.1, 0.15) is 0 Å². The first-order valence-corrected chi connectivity index (χ1v) is 9.52. The van der Waals surface area contributed by atoms with Gasteiger partial charge in [0.2, 0.25) is 0 Å². The monoisotopic (exact) mass is 359 g/mol. The molecule has 112 valence electrons. The van der Waals surface area contributed by atoms with Crippen LogP contribution in [-0.2, 0) is 9.84 Å². The zero-order valence-corrected chi connectivity index (χ0v) is 14.2. The lowest BCUT2D eigenvalue weighted by molar-refractivity contribution is 0.275. The predicted molar refractivity (Wildman–Crippen MR) is 85.3 cm³/mol. The minimum atomic E-state index is -3.28. The minimum Gasteiger partial charge on any atom is -0.330 e. The van der Waals surface area contributed by atoms with E-state index in [0.717, 1.165) is 30.2 Å². The first-order chi connectivity index (χ1) is 9.48. The maximum Gasteiger partial charge on any atom is 0.181 e. The highest BCUT2D eigenvalue weighted by Gasteiger charge is 2.38. The number of benzene rings is 1. The molecule has 0 aromatic heterocycles. The van der Waals surface area contributed by atoms with Gasteiger partial charge < -0.3 is 5.73 Å². The van der Waals surface area contributed by atoms with Crippen LogP contribution in [-0.4, -0.2) is 20.2 Å². The predicted octanol–water partition coefficient (Wildman–Crippen LogP) is 3.38. The van der Waals surface area contributed by atoms with Crippen LogP contribution in [0.4, 0.5) is 0 Å². The van der Waals surface area contributed by atoms with E-state index in [1.54, 1.807) is 24.3 Å². The van der Waals surface area contributed by atoms with Gasteiger partial charge in [-0.25, -0.2) is 8.42 Å². The molecular weight excluding hydrogens is 338 g/mol. The summed E-state index contributed by atoms with van der Waals surface area (Å²) in [6.45, 7) is 2.59. The summed E-state index contributed by atoms with van der Waals surface area (Å²) in [5.74, 6) is 0.597. The Morgan fingerprint density at radius 1 is 1.25 bits per heavy atom. The van der Waals surface area contributed by atoms with Gasteiger partial charge in [0.25, 0.3) is 0 Å². The highest BCUT2D eigenvalue weighted by atomic mass is 79.9. The second kappa shape index (κ2) is 6.58. The molecule has 0 amide bonds. The van der Waals surface area contributed by atoms with E-state index in [-0.39, 0.29) is 11.2 Å². The molecule has 1 aromatic rings. The van der Waals surface area contributed by atoms with E-state index in [1.165, 1.54) is 0 Å². The first-order valence-electron chi connectivity index (χ1n) is 7.18. The molecule has 0 spiro atoms. The molecule has 0 bridgehead atoms. The van der Waals surface area contributed by atoms with Crippen molar-refractivity contribution < 1.29 is 8.42 Å². The zero-order chi connectivity index (χ0) is 14.8.